The van der Waals surface area contributed by atoms with Gasteiger partial charge in [-0.1, -0.05) is 42.8 Å². The van der Waals surface area contributed by atoms with E-state index in [9.17, 15) is 0 Å². The summed E-state index contributed by atoms with van der Waals surface area (Å²) in [5, 5.41) is 0. The van der Waals surface area contributed by atoms with E-state index in [0.29, 0.717) is 5.41 Å². The topological polar surface area (TPSA) is 0 Å². The Hall–Kier alpha value is -0.300. The van der Waals surface area contributed by atoms with Crippen molar-refractivity contribution in [3.63, 3.8) is 0 Å². The molecule has 17 heavy (non-hydrogen) atoms. The first-order valence-electron chi connectivity index (χ1n) is 6.79. The van der Waals surface area contributed by atoms with Crippen molar-refractivity contribution in [1.29, 1.82) is 0 Å². The van der Waals surface area contributed by atoms with E-state index in [2.05, 4.69) is 54.9 Å². The molecule has 0 radical (unpaired) electrons. The first-order valence-corrected chi connectivity index (χ1v) is 7.59. The van der Waals surface area contributed by atoms with Gasteiger partial charge in [0.15, 0.2) is 0 Å². The molecule has 0 nitrogen and oxygen atoms in total. The minimum Gasteiger partial charge on any atom is -0.0622 e. The molecule has 1 heteroatoms. The lowest BCUT2D eigenvalue weighted by Crippen LogP contribution is -2.45. The normalized spacial score (nSPS) is 39.9. The third-order valence-corrected chi connectivity index (χ3v) is 5.97. The highest BCUT2D eigenvalue weighted by Crippen LogP contribution is 2.53. The van der Waals surface area contributed by atoms with Crippen molar-refractivity contribution in [2.75, 3.05) is 0 Å². The fourth-order valence-corrected chi connectivity index (χ4v) is 4.51. The minimum absolute atomic E-state index is 0.411. The van der Waals surface area contributed by atoms with Crippen LogP contribution in [0.3, 0.4) is 0 Å². The van der Waals surface area contributed by atoms with Gasteiger partial charge in [0, 0.05) is 4.47 Å². The third kappa shape index (κ3) is 1.69. The van der Waals surface area contributed by atoms with Crippen LogP contribution in [0.25, 0.3) is 0 Å². The summed E-state index contributed by atoms with van der Waals surface area (Å²) in [5.41, 5.74) is 3.63. The van der Waals surface area contributed by atoms with E-state index in [4.69, 9.17) is 0 Å². The van der Waals surface area contributed by atoms with Crippen molar-refractivity contribution in [3.05, 3.63) is 33.8 Å². The molecule has 1 aromatic carbocycles. The summed E-state index contributed by atoms with van der Waals surface area (Å²) < 4.78 is 1.24. The molecule has 0 amide bonds. The van der Waals surface area contributed by atoms with E-state index in [1.807, 2.05) is 0 Å². The molecule has 0 saturated heterocycles. The Kier molecular flexibility index (Phi) is 2.66. The molecule has 0 aromatic heterocycles. The van der Waals surface area contributed by atoms with Gasteiger partial charge >= 0.3 is 0 Å². The molecule has 3 rings (SSSR count). The van der Waals surface area contributed by atoms with Crippen molar-refractivity contribution in [2.24, 2.45) is 17.8 Å². The summed E-state index contributed by atoms with van der Waals surface area (Å²) in [7, 11) is 0. The Morgan fingerprint density at radius 2 is 2.06 bits per heavy atom. The zero-order chi connectivity index (χ0) is 12.2. The molecule has 2 aliphatic carbocycles. The van der Waals surface area contributed by atoms with Crippen molar-refractivity contribution < 1.29 is 0 Å². The van der Waals surface area contributed by atoms with Gasteiger partial charge in [0.05, 0.1) is 0 Å². The Morgan fingerprint density at radius 3 is 2.82 bits per heavy atom. The van der Waals surface area contributed by atoms with E-state index in [1.54, 1.807) is 11.1 Å². The van der Waals surface area contributed by atoms with Crippen LogP contribution in [0.1, 0.15) is 44.7 Å². The maximum absolute atomic E-state index is 3.64. The molecule has 0 heterocycles. The number of fused-ring (bicyclic) bond motifs is 4. The molecule has 0 N–H and O–H groups in total. The fourth-order valence-electron chi connectivity index (χ4n) is 4.15. The van der Waals surface area contributed by atoms with Crippen LogP contribution >= 0.6 is 15.9 Å². The lowest BCUT2D eigenvalue weighted by atomic mass is 9.53. The second-order valence-electron chi connectivity index (χ2n) is 6.50. The SMILES string of the molecule is C[C@@H]1C[C@H](C)C2Cc3ccc(Br)cc3[C@]1(C)C2. The van der Waals surface area contributed by atoms with Crippen molar-refractivity contribution in [1.82, 2.24) is 0 Å². The summed E-state index contributed by atoms with van der Waals surface area (Å²) in [6, 6.07) is 6.92. The average molecular weight is 293 g/mol. The van der Waals surface area contributed by atoms with Crippen LogP contribution in [0.4, 0.5) is 0 Å². The summed E-state index contributed by atoms with van der Waals surface area (Å²) in [5.74, 6) is 2.61. The lowest BCUT2D eigenvalue weighted by molar-refractivity contribution is 0.0959. The molecule has 0 spiro atoms. The fraction of sp³-hybridized carbons (Fsp3) is 0.625. The van der Waals surface area contributed by atoms with Crippen LogP contribution in [-0.2, 0) is 11.8 Å². The molecule has 2 bridgehead atoms. The Morgan fingerprint density at radius 1 is 1.29 bits per heavy atom. The smallest absolute Gasteiger partial charge is 0.0178 e. The molecular weight excluding hydrogens is 272 g/mol. The second kappa shape index (κ2) is 3.85. The summed E-state index contributed by atoms with van der Waals surface area (Å²) in [6.07, 6.45) is 4.08. The molecule has 1 aromatic rings. The summed E-state index contributed by atoms with van der Waals surface area (Å²) in [6.45, 7) is 7.38. The number of rotatable bonds is 0. The standard InChI is InChI=1S/C16H21Br/c1-10-6-11(2)16(3)9-13(10)7-12-4-5-14(17)8-15(12)16/h4-5,8,10-11,13H,6-7,9H2,1-3H3/t10-,11+,13?,16+/m0/s1. The zero-order valence-corrected chi connectivity index (χ0v) is 12.5. The second-order valence-corrected chi connectivity index (χ2v) is 7.42. The molecule has 92 valence electrons. The van der Waals surface area contributed by atoms with Crippen molar-refractivity contribution in [2.45, 2.75) is 45.4 Å². The number of benzene rings is 1. The van der Waals surface area contributed by atoms with Crippen LogP contribution in [0, 0.1) is 17.8 Å². The van der Waals surface area contributed by atoms with Crippen LogP contribution < -0.4 is 0 Å². The van der Waals surface area contributed by atoms with E-state index in [-0.39, 0.29) is 0 Å². The predicted octanol–water partition coefficient (Wildman–Crippen LogP) is 4.95. The first kappa shape index (κ1) is 11.8. The van der Waals surface area contributed by atoms with Gasteiger partial charge in [-0.25, -0.2) is 0 Å². The highest BCUT2D eigenvalue weighted by atomic mass is 79.9. The predicted molar refractivity (Wildman–Crippen MR) is 76.3 cm³/mol. The van der Waals surface area contributed by atoms with Crippen LogP contribution in [-0.4, -0.2) is 0 Å². The number of hydrogen-bond donors (Lipinski definition) is 0. The molecular formula is C16H21Br. The van der Waals surface area contributed by atoms with Gasteiger partial charge in [-0.05, 0) is 65.7 Å². The van der Waals surface area contributed by atoms with Gasteiger partial charge in [0.25, 0.3) is 0 Å². The maximum atomic E-state index is 3.64. The average Bonchev–Trinajstić information content (AvgIpc) is 2.28. The van der Waals surface area contributed by atoms with Crippen molar-refractivity contribution >= 4 is 15.9 Å². The Bertz CT molecular complexity index is 451. The van der Waals surface area contributed by atoms with Gasteiger partial charge in [-0.3, -0.25) is 0 Å². The van der Waals surface area contributed by atoms with E-state index >= 15 is 0 Å². The summed E-state index contributed by atoms with van der Waals surface area (Å²) >= 11 is 3.64. The van der Waals surface area contributed by atoms with Crippen LogP contribution in [0.2, 0.25) is 0 Å². The largest absolute Gasteiger partial charge is 0.0622 e. The zero-order valence-electron chi connectivity index (χ0n) is 11.0. The lowest BCUT2D eigenvalue weighted by Gasteiger charge is -2.51. The highest BCUT2D eigenvalue weighted by Gasteiger charge is 2.46. The molecule has 1 unspecified atom stereocenters. The highest BCUT2D eigenvalue weighted by molar-refractivity contribution is 9.10. The molecule has 4 atom stereocenters. The molecule has 2 aliphatic rings. The van der Waals surface area contributed by atoms with Crippen LogP contribution in [0.5, 0.6) is 0 Å². The van der Waals surface area contributed by atoms with E-state index in [1.165, 1.54) is 23.7 Å². The van der Waals surface area contributed by atoms with Crippen molar-refractivity contribution in [3.8, 4) is 0 Å². The number of halogens is 1. The van der Waals surface area contributed by atoms with Gasteiger partial charge in [0.1, 0.15) is 0 Å². The number of hydrogen-bond acceptors (Lipinski definition) is 0. The van der Waals surface area contributed by atoms with E-state index in [0.717, 1.165) is 17.8 Å². The molecule has 0 aliphatic heterocycles. The summed E-state index contributed by atoms with van der Waals surface area (Å²) in [4.78, 5) is 0. The van der Waals surface area contributed by atoms with Crippen LogP contribution in [0.15, 0.2) is 22.7 Å². The maximum Gasteiger partial charge on any atom is 0.0178 e. The monoisotopic (exact) mass is 292 g/mol. The van der Waals surface area contributed by atoms with Gasteiger partial charge < -0.3 is 0 Å². The van der Waals surface area contributed by atoms with E-state index < -0.39 is 0 Å². The third-order valence-electron chi connectivity index (χ3n) is 5.47. The van der Waals surface area contributed by atoms with Gasteiger partial charge in [-0.15, -0.1) is 0 Å². The van der Waals surface area contributed by atoms with Gasteiger partial charge in [-0.2, -0.15) is 0 Å². The van der Waals surface area contributed by atoms with Gasteiger partial charge in [0.2, 0.25) is 0 Å². The minimum atomic E-state index is 0.411. The Labute approximate surface area is 113 Å². The quantitative estimate of drug-likeness (QED) is 0.635. The molecule has 1 fully saturated rings. The molecule has 1 saturated carbocycles. The Balaban J connectivity index is 2.15. The first-order chi connectivity index (χ1) is 8.00.